The van der Waals surface area contributed by atoms with Crippen LogP contribution in [0.25, 0.3) is 0 Å². The number of rotatable bonds is 5. The molecule has 2 rings (SSSR count). The van der Waals surface area contributed by atoms with E-state index in [9.17, 15) is 4.79 Å². The summed E-state index contributed by atoms with van der Waals surface area (Å²) in [5.41, 5.74) is 0.0210. The Morgan fingerprint density at radius 2 is 2.10 bits per heavy atom. The van der Waals surface area contributed by atoms with E-state index in [1.165, 1.54) is 0 Å². The van der Waals surface area contributed by atoms with Crippen LogP contribution in [0.15, 0.2) is 0 Å². The molecular weight excluding hydrogens is 254 g/mol. The zero-order valence-corrected chi connectivity index (χ0v) is 13.2. The van der Waals surface area contributed by atoms with E-state index in [-0.39, 0.29) is 5.60 Å². The van der Waals surface area contributed by atoms with Crippen molar-refractivity contribution >= 4 is 5.91 Å². The number of hydrogen-bond acceptors (Lipinski definition) is 3. The lowest BCUT2D eigenvalue weighted by atomic mass is 9.78. The molecule has 1 unspecified atom stereocenters. The first-order valence-electron chi connectivity index (χ1n) is 7.98. The summed E-state index contributed by atoms with van der Waals surface area (Å²) < 4.78 is 11.3. The third-order valence-electron chi connectivity index (χ3n) is 4.82. The van der Waals surface area contributed by atoms with Crippen molar-refractivity contribution in [2.24, 2.45) is 11.8 Å². The summed E-state index contributed by atoms with van der Waals surface area (Å²) in [5, 5.41) is 0. The van der Waals surface area contributed by atoms with E-state index < -0.39 is 0 Å². The molecule has 116 valence electrons. The number of methoxy groups -OCH3 is 1. The Morgan fingerprint density at radius 3 is 2.70 bits per heavy atom. The monoisotopic (exact) mass is 283 g/mol. The third-order valence-corrected chi connectivity index (χ3v) is 4.82. The molecule has 2 saturated heterocycles. The summed E-state index contributed by atoms with van der Waals surface area (Å²) in [4.78, 5) is 14.2. The van der Waals surface area contributed by atoms with Gasteiger partial charge in [0, 0.05) is 39.8 Å². The fourth-order valence-electron chi connectivity index (χ4n) is 3.62. The average Bonchev–Trinajstić information content (AvgIpc) is 2.79. The average molecular weight is 283 g/mol. The number of likely N-dealkylation sites (tertiary alicyclic amines) is 1. The smallest absolute Gasteiger partial charge is 0.222 e. The summed E-state index contributed by atoms with van der Waals surface area (Å²) in [6.45, 7) is 7.60. The number of carbonyl (C=O) groups is 1. The summed E-state index contributed by atoms with van der Waals surface area (Å²) in [7, 11) is 1.76. The second kappa shape index (κ2) is 6.90. The predicted molar refractivity (Wildman–Crippen MR) is 78.6 cm³/mol. The van der Waals surface area contributed by atoms with Gasteiger partial charge in [-0.2, -0.15) is 0 Å². The van der Waals surface area contributed by atoms with Crippen molar-refractivity contribution in [3.8, 4) is 0 Å². The number of amides is 1. The highest BCUT2D eigenvalue weighted by Crippen LogP contribution is 2.42. The minimum absolute atomic E-state index is 0.0210. The Morgan fingerprint density at radius 1 is 1.40 bits per heavy atom. The van der Waals surface area contributed by atoms with Gasteiger partial charge in [0.2, 0.25) is 5.91 Å². The number of piperidine rings is 1. The lowest BCUT2D eigenvalue weighted by molar-refractivity contribution is -0.138. The number of ether oxygens (including phenoxy) is 2. The molecular formula is C16H29NO3. The van der Waals surface area contributed by atoms with E-state index in [1.807, 2.05) is 4.90 Å². The van der Waals surface area contributed by atoms with E-state index in [1.54, 1.807) is 7.11 Å². The van der Waals surface area contributed by atoms with Crippen LogP contribution in [0.4, 0.5) is 0 Å². The second-order valence-corrected chi connectivity index (χ2v) is 6.66. The van der Waals surface area contributed by atoms with Crippen LogP contribution < -0.4 is 0 Å². The van der Waals surface area contributed by atoms with Gasteiger partial charge < -0.3 is 14.4 Å². The van der Waals surface area contributed by atoms with Gasteiger partial charge in [0.25, 0.3) is 0 Å². The quantitative estimate of drug-likeness (QED) is 0.778. The fraction of sp³-hybridized carbons (Fsp3) is 0.938. The van der Waals surface area contributed by atoms with Crippen molar-refractivity contribution in [3.05, 3.63) is 0 Å². The van der Waals surface area contributed by atoms with Crippen molar-refractivity contribution in [1.29, 1.82) is 0 Å². The molecule has 20 heavy (non-hydrogen) atoms. The molecule has 0 N–H and O–H groups in total. The molecule has 0 aromatic carbocycles. The SMILES string of the molecule is COCCC1CCOC12CCN(C(=O)CC(C)C)CC2. The molecule has 1 atom stereocenters. The van der Waals surface area contributed by atoms with Crippen molar-refractivity contribution in [1.82, 2.24) is 4.90 Å². The van der Waals surface area contributed by atoms with E-state index in [0.717, 1.165) is 52.0 Å². The molecule has 2 aliphatic rings. The zero-order valence-electron chi connectivity index (χ0n) is 13.2. The fourth-order valence-corrected chi connectivity index (χ4v) is 3.62. The number of carbonyl (C=O) groups excluding carboxylic acids is 1. The van der Waals surface area contributed by atoms with Crippen LogP contribution in [0.2, 0.25) is 0 Å². The molecule has 4 heteroatoms. The highest BCUT2D eigenvalue weighted by molar-refractivity contribution is 5.76. The van der Waals surface area contributed by atoms with E-state index in [0.29, 0.717) is 24.2 Å². The number of hydrogen-bond donors (Lipinski definition) is 0. The molecule has 0 bridgehead atoms. The van der Waals surface area contributed by atoms with Gasteiger partial charge >= 0.3 is 0 Å². The van der Waals surface area contributed by atoms with Crippen LogP contribution in [0.1, 0.15) is 46.0 Å². The molecule has 2 fully saturated rings. The molecule has 2 heterocycles. The van der Waals surface area contributed by atoms with Crippen molar-refractivity contribution in [2.45, 2.75) is 51.6 Å². The van der Waals surface area contributed by atoms with Crippen molar-refractivity contribution in [3.63, 3.8) is 0 Å². The third kappa shape index (κ3) is 3.53. The molecule has 2 aliphatic heterocycles. The van der Waals surface area contributed by atoms with Gasteiger partial charge in [0.15, 0.2) is 0 Å². The standard InChI is InChI=1S/C16H29NO3/c1-13(2)12-15(18)17-8-6-16(7-9-17)14(4-10-19-3)5-11-20-16/h13-14H,4-12H2,1-3H3. The highest BCUT2D eigenvalue weighted by atomic mass is 16.5. The van der Waals surface area contributed by atoms with Gasteiger partial charge in [-0.05, 0) is 37.5 Å². The Kier molecular flexibility index (Phi) is 5.44. The van der Waals surface area contributed by atoms with Crippen LogP contribution >= 0.6 is 0 Å². The molecule has 0 radical (unpaired) electrons. The Labute approximate surface area is 122 Å². The maximum Gasteiger partial charge on any atom is 0.222 e. The molecule has 1 spiro atoms. The highest BCUT2D eigenvalue weighted by Gasteiger charge is 2.46. The van der Waals surface area contributed by atoms with Crippen LogP contribution in [-0.2, 0) is 14.3 Å². The molecule has 0 aromatic heterocycles. The normalized spacial score (nSPS) is 25.6. The van der Waals surface area contributed by atoms with E-state index in [4.69, 9.17) is 9.47 Å². The van der Waals surface area contributed by atoms with Gasteiger partial charge in [-0.1, -0.05) is 13.8 Å². The molecule has 4 nitrogen and oxygen atoms in total. The first-order chi connectivity index (χ1) is 9.57. The molecule has 0 saturated carbocycles. The van der Waals surface area contributed by atoms with Gasteiger partial charge in [-0.25, -0.2) is 0 Å². The maximum absolute atomic E-state index is 12.1. The van der Waals surface area contributed by atoms with Crippen LogP contribution in [-0.4, -0.2) is 49.8 Å². The van der Waals surface area contributed by atoms with Crippen molar-refractivity contribution in [2.75, 3.05) is 33.4 Å². The first kappa shape index (κ1) is 15.8. The Balaban J connectivity index is 1.87. The molecule has 1 amide bonds. The lowest BCUT2D eigenvalue weighted by Gasteiger charge is -2.42. The first-order valence-corrected chi connectivity index (χ1v) is 7.98. The van der Waals surface area contributed by atoms with Gasteiger partial charge in [-0.3, -0.25) is 4.79 Å². The predicted octanol–water partition coefficient (Wildman–Crippen LogP) is 2.47. The summed E-state index contributed by atoms with van der Waals surface area (Å²) in [5.74, 6) is 1.35. The van der Waals surface area contributed by atoms with Crippen LogP contribution in [0.5, 0.6) is 0 Å². The minimum Gasteiger partial charge on any atom is -0.385 e. The van der Waals surface area contributed by atoms with Gasteiger partial charge in [0.05, 0.1) is 5.60 Å². The maximum atomic E-state index is 12.1. The van der Waals surface area contributed by atoms with E-state index in [2.05, 4.69) is 13.8 Å². The topological polar surface area (TPSA) is 38.8 Å². The second-order valence-electron chi connectivity index (χ2n) is 6.66. The molecule has 0 aromatic rings. The lowest BCUT2D eigenvalue weighted by Crippen LogP contribution is -2.49. The summed E-state index contributed by atoms with van der Waals surface area (Å²) in [6.07, 6.45) is 4.87. The van der Waals surface area contributed by atoms with Crippen molar-refractivity contribution < 1.29 is 14.3 Å². The van der Waals surface area contributed by atoms with Gasteiger partial charge in [0.1, 0.15) is 0 Å². The van der Waals surface area contributed by atoms with Crippen LogP contribution in [0.3, 0.4) is 0 Å². The Bertz CT molecular complexity index is 322. The minimum atomic E-state index is 0.0210. The summed E-state index contributed by atoms with van der Waals surface area (Å²) >= 11 is 0. The summed E-state index contributed by atoms with van der Waals surface area (Å²) in [6, 6.07) is 0. The largest absolute Gasteiger partial charge is 0.385 e. The molecule has 0 aliphatic carbocycles. The number of nitrogens with zero attached hydrogens (tertiary/aromatic N) is 1. The van der Waals surface area contributed by atoms with Crippen LogP contribution in [0, 0.1) is 11.8 Å². The zero-order chi connectivity index (χ0) is 14.6. The van der Waals surface area contributed by atoms with E-state index >= 15 is 0 Å². The van der Waals surface area contributed by atoms with Gasteiger partial charge in [-0.15, -0.1) is 0 Å². The Hall–Kier alpha value is -0.610.